The van der Waals surface area contributed by atoms with E-state index < -0.39 is 0 Å². The molecule has 0 spiro atoms. The van der Waals surface area contributed by atoms with Gasteiger partial charge in [-0.25, -0.2) is 4.98 Å². The van der Waals surface area contributed by atoms with Gasteiger partial charge in [0.05, 0.1) is 0 Å². The van der Waals surface area contributed by atoms with Crippen LogP contribution >= 0.6 is 11.6 Å². The van der Waals surface area contributed by atoms with E-state index in [4.69, 9.17) is 16.3 Å². The van der Waals surface area contributed by atoms with Crippen LogP contribution in [0.15, 0.2) is 18.2 Å². The first-order valence-corrected chi connectivity index (χ1v) is 7.47. The van der Waals surface area contributed by atoms with Crippen molar-refractivity contribution in [2.24, 2.45) is 0 Å². The molecule has 0 unspecified atom stereocenters. The highest BCUT2D eigenvalue weighted by atomic mass is 35.5. The molecule has 21 heavy (non-hydrogen) atoms. The van der Waals surface area contributed by atoms with Crippen molar-refractivity contribution >= 4 is 17.4 Å². The standard InChI is InChI=1S/C16H20ClN3O/c1-5-13-19-14(18-6-2)9-15(20-13)21-12-7-10(3)16(17)11(4)8-12/h7-9H,5-6H2,1-4H3,(H,18,19,20). The van der Waals surface area contributed by atoms with Crippen molar-refractivity contribution < 1.29 is 4.74 Å². The maximum absolute atomic E-state index is 6.18. The zero-order valence-corrected chi connectivity index (χ0v) is 13.6. The third-order valence-electron chi connectivity index (χ3n) is 3.06. The van der Waals surface area contributed by atoms with Gasteiger partial charge in [-0.2, -0.15) is 4.98 Å². The Morgan fingerprint density at radius 1 is 1.10 bits per heavy atom. The van der Waals surface area contributed by atoms with E-state index in [1.807, 2.05) is 45.9 Å². The third-order valence-corrected chi connectivity index (χ3v) is 3.65. The van der Waals surface area contributed by atoms with Crippen LogP contribution in [0.2, 0.25) is 5.02 Å². The highest BCUT2D eigenvalue weighted by Gasteiger charge is 2.08. The molecule has 0 bridgehead atoms. The van der Waals surface area contributed by atoms with Gasteiger partial charge < -0.3 is 10.1 Å². The van der Waals surface area contributed by atoms with Crippen LogP contribution in [-0.4, -0.2) is 16.5 Å². The van der Waals surface area contributed by atoms with E-state index in [9.17, 15) is 0 Å². The molecular weight excluding hydrogens is 286 g/mol. The summed E-state index contributed by atoms with van der Waals surface area (Å²) in [4.78, 5) is 8.81. The molecule has 1 heterocycles. The van der Waals surface area contributed by atoms with Crippen LogP contribution in [0, 0.1) is 13.8 Å². The number of aryl methyl sites for hydroxylation is 3. The van der Waals surface area contributed by atoms with Crippen molar-refractivity contribution in [2.75, 3.05) is 11.9 Å². The summed E-state index contributed by atoms with van der Waals surface area (Å²) in [6, 6.07) is 5.63. The van der Waals surface area contributed by atoms with E-state index in [2.05, 4.69) is 15.3 Å². The normalized spacial score (nSPS) is 10.5. The van der Waals surface area contributed by atoms with Crippen LogP contribution in [-0.2, 0) is 6.42 Å². The predicted octanol–water partition coefficient (Wildman–Crippen LogP) is 4.53. The summed E-state index contributed by atoms with van der Waals surface area (Å²) in [7, 11) is 0. The number of hydrogen-bond donors (Lipinski definition) is 1. The Bertz CT molecular complexity index is 620. The predicted molar refractivity (Wildman–Crippen MR) is 86.6 cm³/mol. The van der Waals surface area contributed by atoms with Crippen molar-refractivity contribution in [2.45, 2.75) is 34.1 Å². The molecule has 0 saturated heterocycles. The van der Waals surface area contributed by atoms with E-state index in [1.165, 1.54) is 0 Å². The molecule has 0 amide bonds. The Kier molecular flexibility index (Phi) is 5.02. The zero-order valence-electron chi connectivity index (χ0n) is 12.8. The molecule has 0 atom stereocenters. The molecule has 1 N–H and O–H groups in total. The van der Waals surface area contributed by atoms with E-state index in [1.54, 1.807) is 0 Å². The Morgan fingerprint density at radius 3 is 2.33 bits per heavy atom. The Balaban J connectivity index is 2.32. The van der Waals surface area contributed by atoms with Crippen molar-refractivity contribution in [3.05, 3.63) is 40.2 Å². The number of aromatic nitrogens is 2. The number of halogens is 1. The molecule has 2 rings (SSSR count). The average molecular weight is 306 g/mol. The molecule has 0 aliphatic carbocycles. The van der Waals surface area contributed by atoms with E-state index in [0.29, 0.717) is 5.88 Å². The lowest BCUT2D eigenvalue weighted by atomic mass is 10.1. The van der Waals surface area contributed by atoms with Gasteiger partial charge in [0.15, 0.2) is 0 Å². The average Bonchev–Trinajstić information content (AvgIpc) is 2.44. The number of nitrogens with one attached hydrogen (secondary N) is 1. The third kappa shape index (κ3) is 3.85. The molecule has 1 aromatic carbocycles. The molecule has 112 valence electrons. The van der Waals surface area contributed by atoms with Gasteiger partial charge in [-0.05, 0) is 44.0 Å². The lowest BCUT2D eigenvalue weighted by Gasteiger charge is -2.11. The zero-order chi connectivity index (χ0) is 15.4. The minimum atomic E-state index is 0.541. The van der Waals surface area contributed by atoms with Gasteiger partial charge in [-0.15, -0.1) is 0 Å². The number of rotatable bonds is 5. The second-order valence-electron chi connectivity index (χ2n) is 4.86. The second-order valence-corrected chi connectivity index (χ2v) is 5.24. The maximum atomic E-state index is 6.18. The smallest absolute Gasteiger partial charge is 0.224 e. The Hall–Kier alpha value is -1.81. The number of benzene rings is 1. The van der Waals surface area contributed by atoms with Crippen LogP contribution in [0.25, 0.3) is 0 Å². The van der Waals surface area contributed by atoms with Gasteiger partial charge >= 0.3 is 0 Å². The minimum absolute atomic E-state index is 0.541. The fraction of sp³-hybridized carbons (Fsp3) is 0.375. The van der Waals surface area contributed by atoms with E-state index >= 15 is 0 Å². The van der Waals surface area contributed by atoms with Crippen LogP contribution in [0.5, 0.6) is 11.6 Å². The largest absolute Gasteiger partial charge is 0.439 e. The van der Waals surface area contributed by atoms with E-state index in [-0.39, 0.29) is 0 Å². The molecule has 0 saturated carbocycles. The number of hydrogen-bond acceptors (Lipinski definition) is 4. The van der Waals surface area contributed by atoms with Crippen LogP contribution in [0.3, 0.4) is 0 Å². The number of ether oxygens (including phenoxy) is 1. The summed E-state index contributed by atoms with van der Waals surface area (Å²) in [5.74, 6) is 2.81. The Labute approximate surface area is 130 Å². The molecule has 5 heteroatoms. The SMILES string of the molecule is CCNc1cc(Oc2cc(C)c(Cl)c(C)c2)nc(CC)n1. The molecule has 4 nitrogen and oxygen atoms in total. The van der Waals surface area contributed by atoms with Crippen molar-refractivity contribution in [1.29, 1.82) is 0 Å². The monoisotopic (exact) mass is 305 g/mol. The molecule has 1 aromatic heterocycles. The highest BCUT2D eigenvalue weighted by Crippen LogP contribution is 2.29. The second kappa shape index (κ2) is 6.76. The lowest BCUT2D eigenvalue weighted by molar-refractivity contribution is 0.458. The van der Waals surface area contributed by atoms with Crippen molar-refractivity contribution in [3.63, 3.8) is 0 Å². The van der Waals surface area contributed by atoms with Gasteiger partial charge in [-0.1, -0.05) is 18.5 Å². The van der Waals surface area contributed by atoms with Gasteiger partial charge in [0, 0.05) is 24.1 Å². The molecular formula is C16H20ClN3O. The number of nitrogens with zero attached hydrogens (tertiary/aromatic N) is 2. The minimum Gasteiger partial charge on any atom is -0.439 e. The highest BCUT2D eigenvalue weighted by molar-refractivity contribution is 6.32. The fourth-order valence-electron chi connectivity index (χ4n) is 2.04. The van der Waals surface area contributed by atoms with Crippen molar-refractivity contribution in [1.82, 2.24) is 9.97 Å². The first-order valence-electron chi connectivity index (χ1n) is 7.10. The van der Waals surface area contributed by atoms with Gasteiger partial charge in [0.2, 0.25) is 5.88 Å². The summed E-state index contributed by atoms with van der Waals surface area (Å²) < 4.78 is 5.87. The van der Waals surface area contributed by atoms with Gasteiger partial charge in [0.1, 0.15) is 17.4 Å². The molecule has 0 radical (unpaired) electrons. The van der Waals surface area contributed by atoms with Crippen LogP contribution in [0.4, 0.5) is 5.82 Å². The fourth-order valence-corrected chi connectivity index (χ4v) is 2.15. The van der Waals surface area contributed by atoms with Crippen molar-refractivity contribution in [3.8, 4) is 11.6 Å². The summed E-state index contributed by atoms with van der Waals surface area (Å²) >= 11 is 6.18. The summed E-state index contributed by atoms with van der Waals surface area (Å²) in [6.45, 7) is 8.78. The topological polar surface area (TPSA) is 47.0 Å². The molecule has 0 aliphatic rings. The molecule has 0 aliphatic heterocycles. The molecule has 0 fully saturated rings. The Morgan fingerprint density at radius 2 is 1.76 bits per heavy atom. The first-order chi connectivity index (χ1) is 10.0. The quantitative estimate of drug-likeness (QED) is 0.881. The lowest BCUT2D eigenvalue weighted by Crippen LogP contribution is -2.04. The van der Waals surface area contributed by atoms with E-state index in [0.717, 1.165) is 46.5 Å². The van der Waals surface area contributed by atoms with Crippen LogP contribution in [0.1, 0.15) is 30.8 Å². The number of anilines is 1. The molecule has 2 aromatic rings. The summed E-state index contributed by atoms with van der Waals surface area (Å²) in [5.41, 5.74) is 1.98. The van der Waals surface area contributed by atoms with Gasteiger partial charge in [0.25, 0.3) is 0 Å². The first kappa shape index (κ1) is 15.6. The van der Waals surface area contributed by atoms with Gasteiger partial charge in [-0.3, -0.25) is 0 Å². The summed E-state index contributed by atoms with van der Waals surface area (Å²) in [6.07, 6.45) is 0.758. The van der Waals surface area contributed by atoms with Crippen LogP contribution < -0.4 is 10.1 Å². The maximum Gasteiger partial charge on any atom is 0.224 e. The summed E-state index contributed by atoms with van der Waals surface area (Å²) in [5, 5.41) is 3.96.